The van der Waals surface area contributed by atoms with Crippen molar-refractivity contribution in [3.05, 3.63) is 65.6 Å². The summed E-state index contributed by atoms with van der Waals surface area (Å²) >= 11 is 0. The van der Waals surface area contributed by atoms with E-state index in [4.69, 9.17) is 9.47 Å². The van der Waals surface area contributed by atoms with Crippen LogP contribution in [0.15, 0.2) is 48.5 Å². The molecule has 2 aromatic carbocycles. The normalized spacial score (nSPS) is 10.4. The van der Waals surface area contributed by atoms with Crippen LogP contribution < -0.4 is 14.8 Å². The number of halogens is 1. The first kappa shape index (κ1) is 17.5. The Labute approximate surface area is 150 Å². The van der Waals surface area contributed by atoms with Crippen LogP contribution in [-0.2, 0) is 6.54 Å². The molecule has 3 rings (SSSR count). The lowest BCUT2D eigenvalue weighted by molar-refractivity contribution is 0.0945. The third-order valence-corrected chi connectivity index (χ3v) is 3.90. The largest absolute Gasteiger partial charge is 0.497 e. The Morgan fingerprint density at radius 3 is 2.69 bits per heavy atom. The van der Waals surface area contributed by atoms with Crippen molar-refractivity contribution >= 4 is 5.91 Å². The lowest BCUT2D eigenvalue weighted by atomic mass is 10.1. The van der Waals surface area contributed by atoms with Gasteiger partial charge >= 0.3 is 0 Å². The Kier molecular flexibility index (Phi) is 5.17. The molecule has 2 N–H and O–H groups in total. The number of amides is 1. The Morgan fingerprint density at radius 1 is 1.15 bits per heavy atom. The van der Waals surface area contributed by atoms with E-state index in [1.807, 2.05) is 0 Å². The summed E-state index contributed by atoms with van der Waals surface area (Å²) in [7, 11) is 3.12. The summed E-state index contributed by atoms with van der Waals surface area (Å²) in [5.74, 6) is 0.499. The minimum atomic E-state index is -0.375. The summed E-state index contributed by atoms with van der Waals surface area (Å²) in [6, 6.07) is 13.2. The predicted molar refractivity (Wildman–Crippen MR) is 94.7 cm³/mol. The Morgan fingerprint density at radius 2 is 1.96 bits per heavy atom. The summed E-state index contributed by atoms with van der Waals surface area (Å²) in [4.78, 5) is 12.3. The van der Waals surface area contributed by atoms with Crippen molar-refractivity contribution in [1.29, 1.82) is 0 Å². The molecule has 0 fully saturated rings. The van der Waals surface area contributed by atoms with Crippen LogP contribution in [-0.4, -0.2) is 30.3 Å². The molecule has 0 unspecified atom stereocenters. The van der Waals surface area contributed by atoms with Gasteiger partial charge in [-0.05, 0) is 24.3 Å². The van der Waals surface area contributed by atoms with E-state index in [9.17, 15) is 9.18 Å². The minimum Gasteiger partial charge on any atom is -0.497 e. The van der Waals surface area contributed by atoms with Crippen LogP contribution in [0.1, 0.15) is 16.1 Å². The average molecular weight is 355 g/mol. The van der Waals surface area contributed by atoms with E-state index in [1.54, 1.807) is 56.7 Å². The maximum absolute atomic E-state index is 13.6. The van der Waals surface area contributed by atoms with Crippen molar-refractivity contribution in [2.45, 2.75) is 6.54 Å². The Balaban J connectivity index is 1.75. The molecule has 0 spiro atoms. The molecule has 7 heteroatoms. The van der Waals surface area contributed by atoms with Gasteiger partial charge in [-0.2, -0.15) is 5.10 Å². The van der Waals surface area contributed by atoms with Crippen molar-refractivity contribution in [1.82, 2.24) is 15.5 Å². The number of nitrogens with zero attached hydrogens (tertiary/aromatic N) is 1. The van der Waals surface area contributed by atoms with E-state index >= 15 is 0 Å². The van der Waals surface area contributed by atoms with E-state index in [2.05, 4.69) is 15.5 Å². The van der Waals surface area contributed by atoms with Crippen molar-refractivity contribution in [3.8, 4) is 22.8 Å². The van der Waals surface area contributed by atoms with Crippen LogP contribution in [0.25, 0.3) is 11.3 Å². The molecule has 3 aromatic rings. The average Bonchev–Trinajstić information content (AvgIpc) is 3.16. The molecule has 1 heterocycles. The Bertz CT molecular complexity index is 924. The molecule has 0 bridgehead atoms. The van der Waals surface area contributed by atoms with Crippen molar-refractivity contribution in [3.63, 3.8) is 0 Å². The Hall–Kier alpha value is -3.35. The highest BCUT2D eigenvalue weighted by Crippen LogP contribution is 2.32. The molecule has 0 radical (unpaired) electrons. The molecule has 26 heavy (non-hydrogen) atoms. The first-order valence-electron chi connectivity index (χ1n) is 7.91. The molecule has 0 saturated heterocycles. The molecule has 6 nitrogen and oxygen atoms in total. The first-order chi connectivity index (χ1) is 12.6. The van der Waals surface area contributed by atoms with Crippen LogP contribution >= 0.6 is 0 Å². The van der Waals surface area contributed by atoms with E-state index in [-0.39, 0.29) is 24.0 Å². The molecule has 0 atom stereocenters. The van der Waals surface area contributed by atoms with E-state index in [0.717, 1.165) is 5.56 Å². The number of carbonyl (C=O) groups is 1. The van der Waals surface area contributed by atoms with E-state index < -0.39 is 0 Å². The van der Waals surface area contributed by atoms with Gasteiger partial charge in [0.15, 0.2) is 0 Å². The van der Waals surface area contributed by atoms with Crippen LogP contribution in [0, 0.1) is 5.82 Å². The molecule has 1 aromatic heterocycles. The maximum atomic E-state index is 13.6. The number of H-pyrrole nitrogens is 1. The highest BCUT2D eigenvalue weighted by Gasteiger charge is 2.15. The molecule has 134 valence electrons. The number of benzene rings is 2. The second-order valence-electron chi connectivity index (χ2n) is 5.51. The monoisotopic (exact) mass is 355 g/mol. The third-order valence-electron chi connectivity index (χ3n) is 3.90. The van der Waals surface area contributed by atoms with E-state index in [1.165, 1.54) is 6.07 Å². The molecule has 1 amide bonds. The number of carbonyl (C=O) groups excluding carboxylic acids is 1. The summed E-state index contributed by atoms with van der Waals surface area (Å²) in [5.41, 5.74) is 1.96. The number of hydrogen-bond donors (Lipinski definition) is 2. The van der Waals surface area contributed by atoms with Crippen LogP contribution in [0.4, 0.5) is 4.39 Å². The fourth-order valence-corrected chi connectivity index (χ4v) is 2.50. The predicted octanol–water partition coefficient (Wildman–Crippen LogP) is 3.16. The second kappa shape index (κ2) is 7.69. The topological polar surface area (TPSA) is 76.2 Å². The van der Waals surface area contributed by atoms with Gasteiger partial charge in [-0.1, -0.05) is 18.2 Å². The SMILES string of the molecule is COc1ccc(-c2cc(C(=O)NCc3ccccc3F)[nH]n2)c(OC)c1. The van der Waals surface area contributed by atoms with Crippen LogP contribution in [0.2, 0.25) is 0 Å². The molecule has 0 saturated carbocycles. The highest BCUT2D eigenvalue weighted by molar-refractivity contribution is 5.93. The third kappa shape index (κ3) is 3.66. The van der Waals surface area contributed by atoms with Crippen molar-refractivity contribution in [2.75, 3.05) is 14.2 Å². The zero-order valence-corrected chi connectivity index (χ0v) is 14.4. The van der Waals surface area contributed by atoms with Gasteiger partial charge in [-0.3, -0.25) is 9.89 Å². The number of ether oxygens (including phenoxy) is 2. The van der Waals surface area contributed by atoms with Gasteiger partial charge in [0, 0.05) is 23.7 Å². The summed E-state index contributed by atoms with van der Waals surface area (Å²) in [6.45, 7) is 0.0890. The number of aromatic amines is 1. The lowest BCUT2D eigenvalue weighted by Crippen LogP contribution is -2.23. The standard InChI is InChI=1S/C19H18FN3O3/c1-25-13-7-8-14(18(9-13)26-2)16-10-17(23-22-16)19(24)21-11-12-5-3-4-6-15(12)20/h3-10H,11H2,1-2H3,(H,21,24)(H,22,23). The highest BCUT2D eigenvalue weighted by atomic mass is 19.1. The van der Waals surface area contributed by atoms with Gasteiger partial charge < -0.3 is 14.8 Å². The fourth-order valence-electron chi connectivity index (χ4n) is 2.50. The number of hydrogen-bond acceptors (Lipinski definition) is 4. The molecular formula is C19H18FN3O3. The van der Waals surface area contributed by atoms with Gasteiger partial charge in [-0.15, -0.1) is 0 Å². The summed E-state index contributed by atoms with van der Waals surface area (Å²) < 4.78 is 24.1. The van der Waals surface area contributed by atoms with Gasteiger partial charge in [0.05, 0.1) is 19.9 Å². The summed E-state index contributed by atoms with van der Waals surface area (Å²) in [5, 5.41) is 9.52. The lowest BCUT2D eigenvalue weighted by Gasteiger charge is -2.08. The first-order valence-corrected chi connectivity index (χ1v) is 7.91. The molecule has 0 aliphatic heterocycles. The van der Waals surface area contributed by atoms with Crippen molar-refractivity contribution < 1.29 is 18.7 Å². The molecule has 0 aliphatic rings. The minimum absolute atomic E-state index is 0.0890. The number of rotatable bonds is 6. The molecule has 0 aliphatic carbocycles. The number of methoxy groups -OCH3 is 2. The van der Waals surface area contributed by atoms with Crippen LogP contribution in [0.5, 0.6) is 11.5 Å². The van der Waals surface area contributed by atoms with Crippen molar-refractivity contribution in [2.24, 2.45) is 0 Å². The van der Waals surface area contributed by atoms with Gasteiger partial charge in [0.2, 0.25) is 0 Å². The number of nitrogens with one attached hydrogen (secondary N) is 2. The van der Waals surface area contributed by atoms with E-state index in [0.29, 0.717) is 22.8 Å². The van der Waals surface area contributed by atoms with Gasteiger partial charge in [0.25, 0.3) is 5.91 Å². The summed E-state index contributed by atoms with van der Waals surface area (Å²) in [6.07, 6.45) is 0. The maximum Gasteiger partial charge on any atom is 0.269 e. The zero-order valence-electron chi connectivity index (χ0n) is 14.4. The van der Waals surface area contributed by atoms with Gasteiger partial charge in [0.1, 0.15) is 23.0 Å². The second-order valence-corrected chi connectivity index (χ2v) is 5.51. The quantitative estimate of drug-likeness (QED) is 0.712. The fraction of sp³-hybridized carbons (Fsp3) is 0.158. The smallest absolute Gasteiger partial charge is 0.269 e. The van der Waals surface area contributed by atoms with Gasteiger partial charge in [-0.25, -0.2) is 4.39 Å². The van der Waals surface area contributed by atoms with Crippen LogP contribution in [0.3, 0.4) is 0 Å². The molecular weight excluding hydrogens is 337 g/mol. The number of aromatic nitrogens is 2. The zero-order chi connectivity index (χ0) is 18.5.